The first-order valence-corrected chi connectivity index (χ1v) is 5.29. The SMILES string of the molecule is CNC(c1ccc(Br)cc1)C(O)CN. The molecule has 0 heterocycles. The first-order valence-electron chi connectivity index (χ1n) is 4.50. The van der Waals surface area contributed by atoms with Gasteiger partial charge in [0.05, 0.1) is 12.1 Å². The molecule has 0 aliphatic carbocycles. The van der Waals surface area contributed by atoms with Crippen molar-refractivity contribution in [3.05, 3.63) is 34.3 Å². The van der Waals surface area contributed by atoms with E-state index >= 15 is 0 Å². The van der Waals surface area contributed by atoms with Crippen LogP contribution in [0.1, 0.15) is 11.6 Å². The molecule has 0 radical (unpaired) electrons. The Kier molecular flexibility index (Phi) is 4.54. The van der Waals surface area contributed by atoms with Gasteiger partial charge in [-0.25, -0.2) is 0 Å². The van der Waals surface area contributed by atoms with Crippen molar-refractivity contribution in [1.29, 1.82) is 0 Å². The van der Waals surface area contributed by atoms with E-state index in [4.69, 9.17) is 5.73 Å². The molecule has 3 nitrogen and oxygen atoms in total. The maximum atomic E-state index is 9.64. The summed E-state index contributed by atoms with van der Waals surface area (Å²) in [5.41, 5.74) is 6.45. The quantitative estimate of drug-likeness (QED) is 0.757. The van der Waals surface area contributed by atoms with Crippen LogP contribution in [0.2, 0.25) is 0 Å². The fourth-order valence-corrected chi connectivity index (χ4v) is 1.65. The van der Waals surface area contributed by atoms with Crippen LogP contribution >= 0.6 is 15.9 Å². The second-order valence-electron chi connectivity index (χ2n) is 3.12. The zero-order chi connectivity index (χ0) is 10.6. The molecule has 78 valence electrons. The van der Waals surface area contributed by atoms with Crippen molar-refractivity contribution in [2.75, 3.05) is 13.6 Å². The molecule has 4 N–H and O–H groups in total. The minimum absolute atomic E-state index is 0.104. The van der Waals surface area contributed by atoms with Gasteiger partial charge in [0.2, 0.25) is 0 Å². The monoisotopic (exact) mass is 258 g/mol. The number of nitrogens with one attached hydrogen (secondary N) is 1. The highest BCUT2D eigenvalue weighted by molar-refractivity contribution is 9.10. The van der Waals surface area contributed by atoms with Crippen LogP contribution in [0.5, 0.6) is 0 Å². The van der Waals surface area contributed by atoms with Gasteiger partial charge in [-0.05, 0) is 24.7 Å². The van der Waals surface area contributed by atoms with Crippen LogP contribution in [0.4, 0.5) is 0 Å². The second kappa shape index (κ2) is 5.46. The molecule has 0 saturated heterocycles. The van der Waals surface area contributed by atoms with Crippen LogP contribution in [-0.4, -0.2) is 24.8 Å². The molecule has 4 heteroatoms. The number of hydrogen-bond donors (Lipinski definition) is 3. The van der Waals surface area contributed by atoms with Crippen molar-refractivity contribution >= 4 is 15.9 Å². The molecule has 0 bridgehead atoms. The van der Waals surface area contributed by atoms with Gasteiger partial charge in [-0.1, -0.05) is 28.1 Å². The van der Waals surface area contributed by atoms with E-state index in [9.17, 15) is 5.11 Å². The first kappa shape index (κ1) is 11.7. The standard InChI is InChI=1S/C10H15BrN2O/c1-13-10(9(14)6-12)7-2-4-8(11)5-3-7/h2-5,9-10,13-14H,6,12H2,1H3. The van der Waals surface area contributed by atoms with Crippen molar-refractivity contribution in [2.45, 2.75) is 12.1 Å². The van der Waals surface area contributed by atoms with Gasteiger partial charge in [0.1, 0.15) is 0 Å². The maximum absolute atomic E-state index is 9.64. The summed E-state index contributed by atoms with van der Waals surface area (Å²) in [4.78, 5) is 0. The first-order chi connectivity index (χ1) is 6.69. The maximum Gasteiger partial charge on any atom is 0.0856 e. The van der Waals surface area contributed by atoms with Crippen molar-refractivity contribution in [2.24, 2.45) is 5.73 Å². The lowest BCUT2D eigenvalue weighted by Crippen LogP contribution is -2.34. The number of halogens is 1. The molecule has 0 spiro atoms. The van der Waals surface area contributed by atoms with Crippen LogP contribution in [0, 0.1) is 0 Å². The second-order valence-corrected chi connectivity index (χ2v) is 4.04. The smallest absolute Gasteiger partial charge is 0.0856 e. The van der Waals surface area contributed by atoms with Crippen LogP contribution in [-0.2, 0) is 0 Å². The van der Waals surface area contributed by atoms with Crippen molar-refractivity contribution < 1.29 is 5.11 Å². The van der Waals surface area contributed by atoms with Gasteiger partial charge < -0.3 is 16.2 Å². The molecule has 1 rings (SSSR count). The third-order valence-electron chi connectivity index (χ3n) is 2.17. The average Bonchev–Trinajstić information content (AvgIpc) is 2.21. The number of aliphatic hydroxyl groups excluding tert-OH is 1. The third-order valence-corrected chi connectivity index (χ3v) is 2.70. The van der Waals surface area contributed by atoms with E-state index in [0.717, 1.165) is 10.0 Å². The summed E-state index contributed by atoms with van der Waals surface area (Å²) in [5, 5.41) is 12.7. The molecule has 0 aromatic heterocycles. The zero-order valence-electron chi connectivity index (χ0n) is 8.07. The highest BCUT2D eigenvalue weighted by Gasteiger charge is 2.17. The number of hydrogen-bond acceptors (Lipinski definition) is 3. The summed E-state index contributed by atoms with van der Waals surface area (Å²) >= 11 is 3.36. The van der Waals surface area contributed by atoms with Crippen molar-refractivity contribution in [3.8, 4) is 0 Å². The number of rotatable bonds is 4. The lowest BCUT2D eigenvalue weighted by molar-refractivity contribution is 0.139. The minimum atomic E-state index is -0.554. The summed E-state index contributed by atoms with van der Waals surface area (Å²) in [7, 11) is 1.81. The molecule has 0 aliphatic heterocycles. The Hall–Kier alpha value is -0.420. The molecule has 0 aliphatic rings. The van der Waals surface area contributed by atoms with Crippen LogP contribution in [0.3, 0.4) is 0 Å². The Labute approximate surface area is 92.4 Å². The molecule has 1 aromatic carbocycles. The number of aliphatic hydroxyl groups is 1. The van der Waals surface area contributed by atoms with Crippen molar-refractivity contribution in [1.82, 2.24) is 5.32 Å². The Morgan fingerprint density at radius 1 is 1.43 bits per heavy atom. The highest BCUT2D eigenvalue weighted by atomic mass is 79.9. The summed E-state index contributed by atoms with van der Waals surface area (Å²) in [6.07, 6.45) is -0.554. The van der Waals surface area contributed by atoms with E-state index in [2.05, 4.69) is 21.2 Å². The van der Waals surface area contributed by atoms with E-state index in [0.29, 0.717) is 0 Å². The normalized spacial score (nSPS) is 15.1. The molecular formula is C10H15BrN2O. The molecule has 1 aromatic rings. The zero-order valence-corrected chi connectivity index (χ0v) is 9.66. The highest BCUT2D eigenvalue weighted by Crippen LogP contribution is 2.18. The molecule has 0 fully saturated rings. The largest absolute Gasteiger partial charge is 0.390 e. The van der Waals surface area contributed by atoms with Crippen LogP contribution < -0.4 is 11.1 Å². The lowest BCUT2D eigenvalue weighted by Gasteiger charge is -2.21. The van der Waals surface area contributed by atoms with E-state index in [-0.39, 0.29) is 12.6 Å². The summed E-state index contributed by atoms with van der Waals surface area (Å²) < 4.78 is 1.03. The number of benzene rings is 1. The van der Waals surface area contributed by atoms with Gasteiger partial charge in [-0.3, -0.25) is 0 Å². The summed E-state index contributed by atoms with van der Waals surface area (Å²) in [6, 6.07) is 7.72. The molecule has 2 unspecified atom stereocenters. The third kappa shape index (κ3) is 2.78. The van der Waals surface area contributed by atoms with E-state index in [1.54, 1.807) is 0 Å². The van der Waals surface area contributed by atoms with Gasteiger partial charge in [0.15, 0.2) is 0 Å². The Morgan fingerprint density at radius 2 is 2.00 bits per heavy atom. The molecule has 0 saturated carbocycles. The minimum Gasteiger partial charge on any atom is -0.390 e. The van der Waals surface area contributed by atoms with Gasteiger partial charge in [0.25, 0.3) is 0 Å². The Balaban J connectivity index is 2.84. The molecule has 2 atom stereocenters. The van der Waals surface area contributed by atoms with E-state index in [1.165, 1.54) is 0 Å². The van der Waals surface area contributed by atoms with Gasteiger partial charge >= 0.3 is 0 Å². The molecule has 14 heavy (non-hydrogen) atoms. The number of nitrogens with two attached hydrogens (primary N) is 1. The fourth-order valence-electron chi connectivity index (χ4n) is 1.39. The van der Waals surface area contributed by atoms with Crippen molar-refractivity contribution in [3.63, 3.8) is 0 Å². The summed E-state index contributed by atoms with van der Waals surface area (Å²) in [5.74, 6) is 0. The molecule has 0 amide bonds. The van der Waals surface area contributed by atoms with E-state index in [1.807, 2.05) is 31.3 Å². The molecular weight excluding hydrogens is 244 g/mol. The topological polar surface area (TPSA) is 58.3 Å². The van der Waals surface area contributed by atoms with Gasteiger partial charge in [0, 0.05) is 11.0 Å². The van der Waals surface area contributed by atoms with Crippen LogP contribution in [0.25, 0.3) is 0 Å². The number of likely N-dealkylation sites (N-methyl/N-ethyl adjacent to an activating group) is 1. The van der Waals surface area contributed by atoms with Gasteiger partial charge in [-0.15, -0.1) is 0 Å². The van der Waals surface area contributed by atoms with Crippen LogP contribution in [0.15, 0.2) is 28.7 Å². The fraction of sp³-hybridized carbons (Fsp3) is 0.400. The Morgan fingerprint density at radius 3 is 2.43 bits per heavy atom. The lowest BCUT2D eigenvalue weighted by atomic mass is 10.0. The predicted molar refractivity (Wildman–Crippen MR) is 61.0 cm³/mol. The van der Waals surface area contributed by atoms with E-state index < -0.39 is 6.10 Å². The Bertz CT molecular complexity index is 276. The van der Waals surface area contributed by atoms with Gasteiger partial charge in [-0.2, -0.15) is 0 Å². The summed E-state index contributed by atoms with van der Waals surface area (Å²) in [6.45, 7) is 0.252. The predicted octanol–water partition coefficient (Wildman–Crippen LogP) is 1.03. The average molecular weight is 259 g/mol.